The second-order valence-corrected chi connectivity index (χ2v) is 4.99. The van der Waals surface area contributed by atoms with Crippen LogP contribution in [0.2, 0.25) is 5.15 Å². The van der Waals surface area contributed by atoms with E-state index in [1.54, 1.807) is 0 Å². The Morgan fingerprint density at radius 2 is 2.25 bits per heavy atom. The third-order valence-corrected chi connectivity index (χ3v) is 4.11. The summed E-state index contributed by atoms with van der Waals surface area (Å²) in [6, 6.07) is 6.28. The first kappa shape index (κ1) is 10.1. The van der Waals surface area contributed by atoms with Crippen molar-refractivity contribution in [2.75, 3.05) is 6.54 Å². The summed E-state index contributed by atoms with van der Waals surface area (Å²) in [5.41, 5.74) is 8.31. The maximum absolute atomic E-state index is 6.05. The van der Waals surface area contributed by atoms with Gasteiger partial charge in [0, 0.05) is 17.3 Å². The normalized spacial score (nSPS) is 18.6. The molecule has 1 aliphatic rings. The summed E-state index contributed by atoms with van der Waals surface area (Å²) in [7, 11) is 0. The molecule has 0 amide bonds. The minimum absolute atomic E-state index is 0.189. The van der Waals surface area contributed by atoms with Crippen molar-refractivity contribution in [1.82, 2.24) is 10.2 Å². The van der Waals surface area contributed by atoms with Crippen LogP contribution in [-0.4, -0.2) is 16.7 Å². The third-order valence-electron chi connectivity index (χ3n) is 3.82. The van der Waals surface area contributed by atoms with Crippen molar-refractivity contribution in [2.45, 2.75) is 24.7 Å². The number of halogens is 1. The van der Waals surface area contributed by atoms with E-state index in [1.807, 2.05) is 6.07 Å². The first-order valence-corrected chi connectivity index (χ1v) is 5.97. The molecule has 0 saturated heterocycles. The molecule has 3 rings (SSSR count). The molecule has 16 heavy (non-hydrogen) atoms. The number of rotatable bonds is 2. The molecule has 1 aromatic carbocycles. The SMILES string of the molecule is NCC1(c2ccc3n[nH]c(Cl)c3c2)CCC1. The zero-order chi connectivity index (χ0) is 11.2. The maximum atomic E-state index is 6.05. The molecule has 84 valence electrons. The molecular weight excluding hydrogens is 222 g/mol. The van der Waals surface area contributed by atoms with Crippen molar-refractivity contribution in [2.24, 2.45) is 5.73 Å². The average Bonchev–Trinajstić information content (AvgIpc) is 2.60. The smallest absolute Gasteiger partial charge is 0.132 e. The van der Waals surface area contributed by atoms with Gasteiger partial charge in [-0.05, 0) is 30.5 Å². The molecular formula is C12H14ClN3. The Bertz CT molecular complexity index is 523. The quantitative estimate of drug-likeness (QED) is 0.841. The lowest BCUT2D eigenvalue weighted by atomic mass is 9.64. The van der Waals surface area contributed by atoms with Gasteiger partial charge in [0.1, 0.15) is 5.15 Å². The Hall–Kier alpha value is -1.06. The highest BCUT2D eigenvalue weighted by Crippen LogP contribution is 2.43. The van der Waals surface area contributed by atoms with E-state index in [0.717, 1.165) is 10.9 Å². The van der Waals surface area contributed by atoms with Gasteiger partial charge in [-0.3, -0.25) is 5.10 Å². The van der Waals surface area contributed by atoms with E-state index in [4.69, 9.17) is 17.3 Å². The van der Waals surface area contributed by atoms with Crippen LogP contribution in [0, 0.1) is 0 Å². The highest BCUT2D eigenvalue weighted by Gasteiger charge is 2.37. The van der Waals surface area contributed by atoms with Crippen LogP contribution in [0.15, 0.2) is 18.2 Å². The molecule has 2 aromatic rings. The first-order chi connectivity index (χ1) is 7.75. The highest BCUT2D eigenvalue weighted by molar-refractivity contribution is 6.34. The van der Waals surface area contributed by atoms with Gasteiger partial charge >= 0.3 is 0 Å². The molecule has 0 unspecified atom stereocenters. The van der Waals surface area contributed by atoms with Crippen molar-refractivity contribution in [3.63, 3.8) is 0 Å². The number of nitrogens with two attached hydrogens (primary N) is 1. The minimum Gasteiger partial charge on any atom is -0.330 e. The third kappa shape index (κ3) is 1.28. The maximum Gasteiger partial charge on any atom is 0.132 e. The second-order valence-electron chi connectivity index (χ2n) is 4.61. The van der Waals surface area contributed by atoms with Crippen molar-refractivity contribution >= 4 is 22.5 Å². The van der Waals surface area contributed by atoms with Crippen molar-refractivity contribution in [3.05, 3.63) is 28.9 Å². The number of aromatic amines is 1. The van der Waals surface area contributed by atoms with Crippen LogP contribution in [-0.2, 0) is 5.41 Å². The number of hydrogen-bond acceptors (Lipinski definition) is 2. The summed E-state index contributed by atoms with van der Waals surface area (Å²) >= 11 is 6.05. The Kier molecular flexibility index (Phi) is 2.19. The zero-order valence-corrected chi connectivity index (χ0v) is 9.72. The molecule has 0 aliphatic heterocycles. The molecule has 4 heteroatoms. The fraction of sp³-hybridized carbons (Fsp3) is 0.417. The van der Waals surface area contributed by atoms with Crippen molar-refractivity contribution in [1.29, 1.82) is 0 Å². The van der Waals surface area contributed by atoms with Crippen LogP contribution in [0.4, 0.5) is 0 Å². The van der Waals surface area contributed by atoms with Crippen LogP contribution in [0.5, 0.6) is 0 Å². The molecule has 0 bridgehead atoms. The molecule has 0 radical (unpaired) electrons. The largest absolute Gasteiger partial charge is 0.330 e. The summed E-state index contributed by atoms with van der Waals surface area (Å²) < 4.78 is 0. The monoisotopic (exact) mass is 235 g/mol. The van der Waals surface area contributed by atoms with Gasteiger partial charge in [0.15, 0.2) is 0 Å². The summed E-state index contributed by atoms with van der Waals surface area (Å²) in [6.07, 6.45) is 3.64. The van der Waals surface area contributed by atoms with E-state index in [0.29, 0.717) is 11.7 Å². The number of benzene rings is 1. The van der Waals surface area contributed by atoms with Gasteiger partial charge in [-0.15, -0.1) is 0 Å². The van der Waals surface area contributed by atoms with E-state index >= 15 is 0 Å². The lowest BCUT2D eigenvalue weighted by Gasteiger charge is -2.41. The number of H-pyrrole nitrogens is 1. The number of nitrogens with zero attached hydrogens (tertiary/aromatic N) is 1. The zero-order valence-electron chi connectivity index (χ0n) is 8.96. The molecule has 1 aromatic heterocycles. The summed E-state index contributed by atoms with van der Waals surface area (Å²) in [5, 5.41) is 8.53. The minimum atomic E-state index is 0.189. The van der Waals surface area contributed by atoms with E-state index < -0.39 is 0 Å². The van der Waals surface area contributed by atoms with Gasteiger partial charge in [0.2, 0.25) is 0 Å². The fourth-order valence-corrected chi connectivity index (χ4v) is 2.72. The van der Waals surface area contributed by atoms with E-state index in [1.165, 1.54) is 24.8 Å². The van der Waals surface area contributed by atoms with Crippen LogP contribution in [0.3, 0.4) is 0 Å². The standard InChI is InChI=1S/C12H14ClN3/c13-11-9-6-8(2-3-10(9)15-16-11)12(7-14)4-1-5-12/h2-3,6H,1,4-5,7,14H2,(H,15,16). The van der Waals surface area contributed by atoms with Crippen LogP contribution >= 0.6 is 11.6 Å². The lowest BCUT2D eigenvalue weighted by molar-refractivity contribution is 0.253. The number of fused-ring (bicyclic) bond motifs is 1. The summed E-state index contributed by atoms with van der Waals surface area (Å²) in [6.45, 7) is 0.716. The van der Waals surface area contributed by atoms with Gasteiger partial charge in [0.05, 0.1) is 5.52 Å². The van der Waals surface area contributed by atoms with Crippen LogP contribution in [0.25, 0.3) is 10.9 Å². The molecule has 1 heterocycles. The Morgan fingerprint density at radius 1 is 1.44 bits per heavy atom. The topological polar surface area (TPSA) is 54.7 Å². The molecule has 1 aliphatic carbocycles. The van der Waals surface area contributed by atoms with Gasteiger partial charge in [0.25, 0.3) is 0 Å². The summed E-state index contributed by atoms with van der Waals surface area (Å²) in [5.74, 6) is 0. The predicted octanol–water partition coefficient (Wildman–Crippen LogP) is 2.60. The lowest BCUT2D eigenvalue weighted by Crippen LogP contribution is -2.41. The van der Waals surface area contributed by atoms with Crippen LogP contribution < -0.4 is 5.73 Å². The van der Waals surface area contributed by atoms with Gasteiger partial charge in [-0.25, -0.2) is 0 Å². The van der Waals surface area contributed by atoms with Gasteiger partial charge in [-0.2, -0.15) is 5.10 Å². The fourth-order valence-electron chi connectivity index (χ4n) is 2.52. The Labute approximate surface area is 99.0 Å². The second kappa shape index (κ2) is 3.47. The number of aromatic nitrogens is 2. The molecule has 0 atom stereocenters. The number of hydrogen-bond donors (Lipinski definition) is 2. The molecule has 1 fully saturated rings. The average molecular weight is 236 g/mol. The van der Waals surface area contributed by atoms with Crippen LogP contribution in [0.1, 0.15) is 24.8 Å². The molecule has 3 N–H and O–H groups in total. The molecule has 0 spiro atoms. The molecule has 1 saturated carbocycles. The predicted molar refractivity (Wildman–Crippen MR) is 65.7 cm³/mol. The van der Waals surface area contributed by atoms with E-state index in [2.05, 4.69) is 22.3 Å². The number of nitrogens with one attached hydrogen (secondary N) is 1. The van der Waals surface area contributed by atoms with E-state index in [9.17, 15) is 0 Å². The highest BCUT2D eigenvalue weighted by atomic mass is 35.5. The Balaban J connectivity index is 2.13. The molecule has 3 nitrogen and oxygen atoms in total. The first-order valence-electron chi connectivity index (χ1n) is 5.59. The van der Waals surface area contributed by atoms with Crippen molar-refractivity contribution < 1.29 is 0 Å². The van der Waals surface area contributed by atoms with Crippen molar-refractivity contribution in [3.8, 4) is 0 Å². The van der Waals surface area contributed by atoms with Gasteiger partial charge in [-0.1, -0.05) is 24.1 Å². The van der Waals surface area contributed by atoms with Gasteiger partial charge < -0.3 is 5.73 Å². The Morgan fingerprint density at radius 3 is 2.88 bits per heavy atom. The van der Waals surface area contributed by atoms with E-state index in [-0.39, 0.29) is 5.41 Å². The summed E-state index contributed by atoms with van der Waals surface area (Å²) in [4.78, 5) is 0.